The van der Waals surface area contributed by atoms with Gasteiger partial charge in [0.05, 0.1) is 12.2 Å². The molecular formula is C19H19F2N3O2. The fraction of sp³-hybridized carbons (Fsp3) is 0.263. The molecule has 1 heterocycles. The van der Waals surface area contributed by atoms with Crippen LogP contribution in [0.1, 0.15) is 18.4 Å². The zero-order valence-electron chi connectivity index (χ0n) is 14.3. The topological polar surface area (TPSA) is 61.4 Å². The number of anilines is 3. The summed E-state index contributed by atoms with van der Waals surface area (Å²) >= 11 is 0. The predicted octanol–water partition coefficient (Wildman–Crippen LogP) is 3.45. The molecule has 7 heteroatoms. The maximum Gasteiger partial charge on any atom is 0.243 e. The summed E-state index contributed by atoms with van der Waals surface area (Å²) in [7, 11) is 0. The lowest BCUT2D eigenvalue weighted by atomic mass is 10.1. The second-order valence-electron chi connectivity index (χ2n) is 6.12. The Balaban J connectivity index is 1.67. The van der Waals surface area contributed by atoms with Gasteiger partial charge in [0.1, 0.15) is 11.6 Å². The van der Waals surface area contributed by atoms with Crippen molar-refractivity contribution >= 4 is 28.9 Å². The van der Waals surface area contributed by atoms with Crippen LogP contribution in [0, 0.1) is 18.6 Å². The SMILES string of the molecule is Cc1c(NCC(=O)Nc2cc(F)ccc2F)cccc1N1CCCC1=O. The average molecular weight is 359 g/mol. The summed E-state index contributed by atoms with van der Waals surface area (Å²) in [4.78, 5) is 25.7. The number of rotatable bonds is 5. The molecule has 0 aliphatic carbocycles. The molecule has 3 rings (SSSR count). The molecular weight excluding hydrogens is 340 g/mol. The minimum absolute atomic E-state index is 0.0876. The van der Waals surface area contributed by atoms with Crippen molar-refractivity contribution in [1.29, 1.82) is 0 Å². The molecule has 0 spiro atoms. The molecule has 0 saturated carbocycles. The van der Waals surface area contributed by atoms with Gasteiger partial charge in [-0.25, -0.2) is 8.78 Å². The molecule has 5 nitrogen and oxygen atoms in total. The van der Waals surface area contributed by atoms with Crippen molar-refractivity contribution < 1.29 is 18.4 Å². The number of amides is 2. The van der Waals surface area contributed by atoms with Crippen LogP contribution >= 0.6 is 0 Å². The minimum atomic E-state index is -0.703. The van der Waals surface area contributed by atoms with Crippen LogP contribution in [0.3, 0.4) is 0 Å². The van der Waals surface area contributed by atoms with Crippen LogP contribution in [0.2, 0.25) is 0 Å². The van der Waals surface area contributed by atoms with E-state index in [0.29, 0.717) is 18.7 Å². The highest BCUT2D eigenvalue weighted by Gasteiger charge is 2.23. The monoisotopic (exact) mass is 359 g/mol. The van der Waals surface area contributed by atoms with Crippen LogP contribution in [0.25, 0.3) is 0 Å². The van der Waals surface area contributed by atoms with Crippen LogP contribution in [0.5, 0.6) is 0 Å². The van der Waals surface area contributed by atoms with E-state index in [0.717, 1.165) is 35.9 Å². The Morgan fingerprint density at radius 2 is 2.00 bits per heavy atom. The van der Waals surface area contributed by atoms with Gasteiger partial charge in [-0.05, 0) is 43.2 Å². The van der Waals surface area contributed by atoms with Crippen molar-refractivity contribution in [2.24, 2.45) is 0 Å². The van der Waals surface area contributed by atoms with Crippen LogP contribution in [0.15, 0.2) is 36.4 Å². The van der Waals surface area contributed by atoms with Gasteiger partial charge >= 0.3 is 0 Å². The first-order chi connectivity index (χ1) is 12.5. The van der Waals surface area contributed by atoms with Crippen molar-refractivity contribution in [3.8, 4) is 0 Å². The summed E-state index contributed by atoms with van der Waals surface area (Å²) in [6.07, 6.45) is 1.37. The number of nitrogens with one attached hydrogen (secondary N) is 2. The number of hydrogen-bond donors (Lipinski definition) is 2. The van der Waals surface area contributed by atoms with Gasteiger partial charge in [-0.2, -0.15) is 0 Å². The van der Waals surface area contributed by atoms with E-state index < -0.39 is 17.5 Å². The van der Waals surface area contributed by atoms with E-state index in [1.165, 1.54) is 0 Å². The largest absolute Gasteiger partial charge is 0.376 e. The summed E-state index contributed by atoms with van der Waals surface area (Å²) < 4.78 is 26.7. The van der Waals surface area contributed by atoms with E-state index >= 15 is 0 Å². The van der Waals surface area contributed by atoms with Gasteiger partial charge in [-0.1, -0.05) is 6.07 Å². The number of hydrogen-bond acceptors (Lipinski definition) is 3. The van der Waals surface area contributed by atoms with Crippen molar-refractivity contribution in [3.63, 3.8) is 0 Å². The highest BCUT2D eigenvalue weighted by molar-refractivity contribution is 5.97. The molecule has 1 aliphatic rings. The van der Waals surface area contributed by atoms with E-state index in [1.807, 2.05) is 13.0 Å². The average Bonchev–Trinajstić information content (AvgIpc) is 3.03. The Morgan fingerprint density at radius 3 is 2.73 bits per heavy atom. The Labute approximate surface area is 150 Å². The number of benzene rings is 2. The third kappa shape index (κ3) is 3.82. The molecule has 2 amide bonds. The number of halogens is 2. The minimum Gasteiger partial charge on any atom is -0.376 e. The first-order valence-corrected chi connectivity index (χ1v) is 8.34. The zero-order chi connectivity index (χ0) is 18.7. The van der Waals surface area contributed by atoms with E-state index in [2.05, 4.69) is 10.6 Å². The standard InChI is InChI=1S/C19H19F2N3O2/c1-12-15(4-2-5-17(12)24-9-3-6-19(24)26)22-11-18(25)23-16-10-13(20)7-8-14(16)21/h2,4-5,7-8,10,22H,3,6,9,11H2,1H3,(H,23,25). The van der Waals surface area contributed by atoms with Crippen molar-refractivity contribution in [2.75, 3.05) is 28.6 Å². The summed E-state index contributed by atoms with van der Waals surface area (Å²) in [5.41, 5.74) is 2.17. The lowest BCUT2D eigenvalue weighted by Crippen LogP contribution is -2.25. The molecule has 0 radical (unpaired) electrons. The molecule has 1 saturated heterocycles. The molecule has 0 aromatic heterocycles. The van der Waals surface area contributed by atoms with Crippen LogP contribution in [0.4, 0.5) is 25.8 Å². The molecule has 1 fully saturated rings. The normalized spacial score (nSPS) is 13.8. The smallest absolute Gasteiger partial charge is 0.243 e. The fourth-order valence-corrected chi connectivity index (χ4v) is 2.97. The molecule has 2 N–H and O–H groups in total. The molecule has 26 heavy (non-hydrogen) atoms. The maximum absolute atomic E-state index is 13.6. The third-order valence-electron chi connectivity index (χ3n) is 4.31. The molecule has 0 unspecified atom stereocenters. The van der Waals surface area contributed by atoms with Gasteiger partial charge in [0, 0.05) is 30.4 Å². The molecule has 2 aromatic rings. The van der Waals surface area contributed by atoms with E-state index in [1.54, 1.807) is 17.0 Å². The summed E-state index contributed by atoms with van der Waals surface area (Å²) in [6, 6.07) is 8.34. The van der Waals surface area contributed by atoms with Crippen LogP contribution in [-0.4, -0.2) is 24.9 Å². The summed E-state index contributed by atoms with van der Waals surface area (Å²) in [5.74, 6) is -1.75. The van der Waals surface area contributed by atoms with Crippen molar-refractivity contribution in [1.82, 2.24) is 0 Å². The van der Waals surface area contributed by atoms with E-state index in [9.17, 15) is 18.4 Å². The zero-order valence-corrected chi connectivity index (χ0v) is 14.3. The van der Waals surface area contributed by atoms with Gasteiger partial charge in [-0.3, -0.25) is 9.59 Å². The van der Waals surface area contributed by atoms with Gasteiger partial charge in [-0.15, -0.1) is 0 Å². The van der Waals surface area contributed by atoms with Gasteiger partial charge < -0.3 is 15.5 Å². The second-order valence-corrected chi connectivity index (χ2v) is 6.12. The Hall–Kier alpha value is -2.96. The summed E-state index contributed by atoms with van der Waals surface area (Å²) in [5, 5.41) is 5.32. The lowest BCUT2D eigenvalue weighted by Gasteiger charge is -2.20. The number of carbonyl (C=O) groups is 2. The third-order valence-corrected chi connectivity index (χ3v) is 4.31. The second kappa shape index (κ2) is 7.51. The Morgan fingerprint density at radius 1 is 1.19 bits per heavy atom. The predicted molar refractivity (Wildman–Crippen MR) is 96.2 cm³/mol. The Bertz CT molecular complexity index is 855. The van der Waals surface area contributed by atoms with Crippen LogP contribution < -0.4 is 15.5 Å². The van der Waals surface area contributed by atoms with Gasteiger partial charge in [0.2, 0.25) is 11.8 Å². The van der Waals surface area contributed by atoms with Crippen molar-refractivity contribution in [3.05, 3.63) is 53.6 Å². The highest BCUT2D eigenvalue weighted by atomic mass is 19.1. The molecule has 0 atom stereocenters. The molecule has 1 aliphatic heterocycles. The fourth-order valence-electron chi connectivity index (χ4n) is 2.97. The first kappa shape index (κ1) is 17.8. The highest BCUT2D eigenvalue weighted by Crippen LogP contribution is 2.29. The molecule has 136 valence electrons. The lowest BCUT2D eigenvalue weighted by molar-refractivity contribution is -0.117. The Kier molecular flexibility index (Phi) is 5.16. The first-order valence-electron chi connectivity index (χ1n) is 8.34. The number of nitrogens with zero attached hydrogens (tertiary/aromatic N) is 1. The van der Waals surface area contributed by atoms with Crippen molar-refractivity contribution in [2.45, 2.75) is 19.8 Å². The number of carbonyl (C=O) groups excluding carboxylic acids is 2. The van der Waals surface area contributed by atoms with E-state index in [-0.39, 0.29) is 18.1 Å². The molecule has 2 aromatic carbocycles. The summed E-state index contributed by atoms with van der Waals surface area (Å²) in [6.45, 7) is 2.43. The van der Waals surface area contributed by atoms with Gasteiger partial charge in [0.25, 0.3) is 0 Å². The molecule has 0 bridgehead atoms. The van der Waals surface area contributed by atoms with E-state index in [4.69, 9.17) is 0 Å². The quantitative estimate of drug-likeness (QED) is 0.860. The maximum atomic E-state index is 13.6. The van der Waals surface area contributed by atoms with Gasteiger partial charge in [0.15, 0.2) is 0 Å². The van der Waals surface area contributed by atoms with Crippen LogP contribution in [-0.2, 0) is 9.59 Å².